The Morgan fingerprint density at radius 3 is 1.92 bits per heavy atom. The molecule has 0 saturated carbocycles. The average Bonchev–Trinajstić information content (AvgIpc) is 2.08. The molecule has 0 fully saturated rings. The van der Waals surface area contributed by atoms with Crippen molar-refractivity contribution >= 4 is 0 Å². The molecule has 13 heavy (non-hydrogen) atoms. The van der Waals surface area contributed by atoms with E-state index >= 15 is 0 Å². The molecule has 1 aromatic carbocycles. The Hall–Kier alpha value is -0.236. The molecule has 1 rings (SSSR count). The third-order valence-electron chi connectivity index (χ3n) is 1.35. The fraction of sp³-hybridized carbons (Fsp3) is 0.364. The summed E-state index contributed by atoms with van der Waals surface area (Å²) in [5, 5.41) is 8.07. The van der Waals surface area contributed by atoms with E-state index in [1.165, 1.54) is 0 Å². The van der Waals surface area contributed by atoms with Crippen LogP contribution in [-0.2, 0) is 21.7 Å². The summed E-state index contributed by atoms with van der Waals surface area (Å²) in [5.74, 6) is 0. The van der Waals surface area contributed by atoms with E-state index in [9.17, 15) is 0 Å². The Bertz CT molecular complexity index is 173. The van der Waals surface area contributed by atoms with Gasteiger partial charge in [0.1, 0.15) is 0 Å². The summed E-state index contributed by atoms with van der Waals surface area (Å²) >= 11 is 0. The molecule has 0 saturated heterocycles. The first-order valence-corrected chi connectivity index (χ1v) is 4.29. The van der Waals surface area contributed by atoms with Crippen molar-refractivity contribution < 1.29 is 26.8 Å². The Kier molecular flexibility index (Phi) is 13.8. The fourth-order valence-corrected chi connectivity index (χ4v) is 0.636. The van der Waals surface area contributed by atoms with Gasteiger partial charge in [-0.25, -0.2) is 0 Å². The molecule has 0 radical (unpaired) electrons. The van der Waals surface area contributed by atoms with Gasteiger partial charge in [0, 0.05) is 28.3 Å². The van der Waals surface area contributed by atoms with Crippen LogP contribution in [0.1, 0.15) is 25.3 Å². The molecule has 0 aliphatic carbocycles. The van der Waals surface area contributed by atoms with E-state index in [2.05, 4.69) is 13.8 Å². The maximum Gasteiger partial charge on any atom is 0.0430 e. The van der Waals surface area contributed by atoms with E-state index in [0.29, 0.717) is 6.61 Å². The zero-order valence-corrected chi connectivity index (χ0v) is 9.72. The topological polar surface area (TPSA) is 20.2 Å². The van der Waals surface area contributed by atoms with Crippen LogP contribution in [0.3, 0.4) is 0 Å². The monoisotopic (exact) mass is 213 g/mol. The Labute approximate surface area is 96.1 Å². The van der Waals surface area contributed by atoms with E-state index in [0.717, 1.165) is 18.4 Å². The SMILES string of the molecule is CCCCO.[CH2-]c1ccccc1.[Ti]. The number of rotatable bonds is 2. The van der Waals surface area contributed by atoms with Crippen molar-refractivity contribution in [3.63, 3.8) is 0 Å². The van der Waals surface area contributed by atoms with E-state index < -0.39 is 0 Å². The van der Waals surface area contributed by atoms with Crippen LogP contribution >= 0.6 is 0 Å². The summed E-state index contributed by atoms with van der Waals surface area (Å²) < 4.78 is 0. The van der Waals surface area contributed by atoms with Gasteiger partial charge in [-0.3, -0.25) is 0 Å². The minimum Gasteiger partial charge on any atom is -0.396 e. The van der Waals surface area contributed by atoms with Crippen molar-refractivity contribution in [3.8, 4) is 0 Å². The Morgan fingerprint density at radius 2 is 1.77 bits per heavy atom. The van der Waals surface area contributed by atoms with Gasteiger partial charge in [0.15, 0.2) is 0 Å². The minimum atomic E-state index is 0. The molecular formula is C11H17OTi-. The minimum absolute atomic E-state index is 0. The predicted molar refractivity (Wildman–Crippen MR) is 52.9 cm³/mol. The summed E-state index contributed by atoms with van der Waals surface area (Å²) in [4.78, 5) is 0. The van der Waals surface area contributed by atoms with Crippen LogP contribution in [0.2, 0.25) is 0 Å². The second-order valence-corrected chi connectivity index (χ2v) is 2.56. The number of hydrogen-bond donors (Lipinski definition) is 1. The quantitative estimate of drug-likeness (QED) is 0.591. The summed E-state index contributed by atoms with van der Waals surface area (Å²) in [7, 11) is 0. The second-order valence-electron chi connectivity index (χ2n) is 2.56. The average molecular weight is 213 g/mol. The zero-order valence-electron chi connectivity index (χ0n) is 8.16. The molecule has 0 amide bonds. The third-order valence-corrected chi connectivity index (χ3v) is 1.35. The normalized spacial score (nSPS) is 7.85. The predicted octanol–water partition coefficient (Wildman–Crippen LogP) is 2.65. The molecule has 72 valence electrons. The van der Waals surface area contributed by atoms with Gasteiger partial charge < -0.3 is 5.11 Å². The Morgan fingerprint density at radius 1 is 1.23 bits per heavy atom. The third kappa shape index (κ3) is 11.8. The van der Waals surface area contributed by atoms with Gasteiger partial charge in [-0.2, -0.15) is 24.6 Å². The van der Waals surface area contributed by atoms with E-state index in [4.69, 9.17) is 5.11 Å². The van der Waals surface area contributed by atoms with Gasteiger partial charge in [-0.1, -0.05) is 19.4 Å². The number of unbranched alkanes of at least 4 members (excludes halogenated alkanes) is 1. The van der Waals surface area contributed by atoms with E-state index in [1.54, 1.807) is 0 Å². The van der Waals surface area contributed by atoms with E-state index in [-0.39, 0.29) is 21.7 Å². The first kappa shape index (κ1) is 15.2. The van der Waals surface area contributed by atoms with Crippen LogP contribution in [0.4, 0.5) is 0 Å². The maximum absolute atomic E-state index is 8.07. The summed E-state index contributed by atoms with van der Waals surface area (Å²) in [6, 6.07) is 9.87. The number of benzene rings is 1. The molecule has 1 N–H and O–H groups in total. The van der Waals surface area contributed by atoms with Crippen LogP contribution in [0, 0.1) is 6.92 Å². The van der Waals surface area contributed by atoms with Crippen molar-refractivity contribution in [1.82, 2.24) is 0 Å². The van der Waals surface area contributed by atoms with Crippen molar-refractivity contribution in [3.05, 3.63) is 42.8 Å². The Balaban J connectivity index is 0. The van der Waals surface area contributed by atoms with Crippen LogP contribution in [0.25, 0.3) is 0 Å². The molecule has 0 aliphatic rings. The van der Waals surface area contributed by atoms with Crippen LogP contribution in [0.15, 0.2) is 30.3 Å². The van der Waals surface area contributed by atoms with Crippen LogP contribution in [-0.4, -0.2) is 11.7 Å². The largest absolute Gasteiger partial charge is 0.396 e. The summed E-state index contributed by atoms with van der Waals surface area (Å²) in [6.45, 7) is 6.12. The molecule has 1 nitrogen and oxygen atoms in total. The van der Waals surface area contributed by atoms with Crippen molar-refractivity contribution in [2.24, 2.45) is 0 Å². The molecule has 0 aromatic heterocycles. The summed E-state index contributed by atoms with van der Waals surface area (Å²) in [5.41, 5.74) is 1.07. The van der Waals surface area contributed by atoms with Gasteiger partial charge in [-0.15, -0.1) is 12.1 Å². The first-order valence-electron chi connectivity index (χ1n) is 4.29. The first-order chi connectivity index (χ1) is 5.81. The van der Waals surface area contributed by atoms with Crippen LogP contribution in [0.5, 0.6) is 0 Å². The molecule has 1 aromatic rings. The number of hydrogen-bond acceptors (Lipinski definition) is 1. The smallest absolute Gasteiger partial charge is 0.0430 e. The molecule has 0 heterocycles. The van der Waals surface area contributed by atoms with Crippen molar-refractivity contribution in [2.75, 3.05) is 6.61 Å². The molecule has 2 heteroatoms. The molecule has 0 unspecified atom stereocenters. The van der Waals surface area contributed by atoms with Gasteiger partial charge >= 0.3 is 0 Å². The maximum atomic E-state index is 8.07. The standard InChI is InChI=1S/C7H7.C4H10O.Ti/c1-7-5-3-2-4-6-7;1-2-3-4-5;/h2-6H,1H2;5H,2-4H2,1H3;/q-1;;. The van der Waals surface area contributed by atoms with Crippen molar-refractivity contribution in [2.45, 2.75) is 19.8 Å². The zero-order chi connectivity index (χ0) is 9.23. The second kappa shape index (κ2) is 11.8. The van der Waals surface area contributed by atoms with Crippen molar-refractivity contribution in [1.29, 1.82) is 0 Å². The molecule has 0 bridgehead atoms. The summed E-state index contributed by atoms with van der Waals surface area (Å²) in [6.07, 6.45) is 2.04. The van der Waals surface area contributed by atoms with Gasteiger partial charge in [0.25, 0.3) is 0 Å². The van der Waals surface area contributed by atoms with Crippen LogP contribution < -0.4 is 0 Å². The van der Waals surface area contributed by atoms with Gasteiger partial charge in [0.2, 0.25) is 0 Å². The molecular weight excluding hydrogens is 196 g/mol. The van der Waals surface area contributed by atoms with Gasteiger partial charge in [0.05, 0.1) is 0 Å². The number of aliphatic hydroxyl groups excluding tert-OH is 1. The fourth-order valence-electron chi connectivity index (χ4n) is 0.636. The van der Waals surface area contributed by atoms with E-state index in [1.807, 2.05) is 30.3 Å². The molecule has 0 atom stereocenters. The molecule has 0 spiro atoms. The number of aliphatic hydroxyl groups is 1. The molecule has 0 aliphatic heterocycles. The van der Waals surface area contributed by atoms with Gasteiger partial charge in [-0.05, 0) is 6.42 Å².